The third-order valence-electron chi connectivity index (χ3n) is 4.58. The molecule has 4 aromatic rings. The number of nitrogens with one attached hydrogen (secondary N) is 1. The van der Waals surface area contributed by atoms with Gasteiger partial charge in [-0.2, -0.15) is 0 Å². The first kappa shape index (κ1) is 18.4. The molecule has 0 radical (unpaired) electrons. The summed E-state index contributed by atoms with van der Waals surface area (Å²) in [5.41, 5.74) is 4.20. The number of ketones is 1. The molecular weight excluding hydrogens is 376 g/mol. The van der Waals surface area contributed by atoms with E-state index in [-0.39, 0.29) is 5.78 Å². The van der Waals surface area contributed by atoms with Gasteiger partial charge in [-0.1, -0.05) is 16.9 Å². The van der Waals surface area contributed by atoms with E-state index in [1.807, 2.05) is 55.7 Å². The predicted molar refractivity (Wildman–Crippen MR) is 108 cm³/mol. The third-order valence-corrected chi connectivity index (χ3v) is 5.46. The van der Waals surface area contributed by atoms with E-state index in [0.29, 0.717) is 22.3 Å². The van der Waals surface area contributed by atoms with Crippen LogP contribution in [0.25, 0.3) is 16.9 Å². The molecule has 0 aliphatic rings. The minimum Gasteiger partial charge on any atom is -0.497 e. The second-order valence-corrected chi connectivity index (χ2v) is 7.52. The molecule has 8 heteroatoms. The first-order chi connectivity index (χ1) is 13.5. The molecule has 0 saturated heterocycles. The van der Waals surface area contributed by atoms with Gasteiger partial charge in [0.15, 0.2) is 16.8 Å². The van der Waals surface area contributed by atoms with Crippen molar-refractivity contribution in [2.75, 3.05) is 12.9 Å². The maximum atomic E-state index is 12.8. The lowest BCUT2D eigenvalue weighted by Gasteiger charge is -2.04. The fourth-order valence-corrected chi connectivity index (χ4v) is 4.00. The second-order valence-electron chi connectivity index (χ2n) is 6.55. The minimum atomic E-state index is 0.0441. The first-order valence-electron chi connectivity index (χ1n) is 8.78. The van der Waals surface area contributed by atoms with Crippen molar-refractivity contribution < 1.29 is 14.1 Å². The molecule has 0 aliphatic carbocycles. The number of fused-ring (bicyclic) bond motifs is 1. The van der Waals surface area contributed by atoms with Gasteiger partial charge in [0.1, 0.15) is 11.5 Å². The summed E-state index contributed by atoms with van der Waals surface area (Å²) in [5.74, 6) is 2.51. The second kappa shape index (κ2) is 7.20. The molecule has 3 heterocycles. The van der Waals surface area contributed by atoms with Crippen molar-refractivity contribution in [1.29, 1.82) is 0 Å². The van der Waals surface area contributed by atoms with Crippen molar-refractivity contribution >= 4 is 28.6 Å². The summed E-state index contributed by atoms with van der Waals surface area (Å²) in [4.78, 5) is 20.6. The van der Waals surface area contributed by atoms with Crippen molar-refractivity contribution in [2.24, 2.45) is 0 Å². The van der Waals surface area contributed by atoms with Crippen molar-refractivity contribution in [3.63, 3.8) is 0 Å². The maximum absolute atomic E-state index is 12.8. The lowest BCUT2D eigenvalue weighted by atomic mass is 10.2. The molecule has 0 atom stereocenters. The number of aromatic nitrogens is 4. The number of Topliss-reactive ketones (excluding diaryl/α,β-unsaturated/α-hetero) is 1. The van der Waals surface area contributed by atoms with Crippen LogP contribution in [0.5, 0.6) is 5.75 Å². The van der Waals surface area contributed by atoms with E-state index in [2.05, 4.69) is 15.1 Å². The number of H-pyrrole nitrogens is 1. The van der Waals surface area contributed by atoms with Gasteiger partial charge in [-0.25, -0.2) is 4.98 Å². The summed E-state index contributed by atoms with van der Waals surface area (Å²) in [6, 6.07) is 9.40. The number of hydrogen-bond donors (Lipinski definition) is 1. The quantitative estimate of drug-likeness (QED) is 0.387. The van der Waals surface area contributed by atoms with Gasteiger partial charge in [0.25, 0.3) is 0 Å². The highest BCUT2D eigenvalue weighted by atomic mass is 32.2. The number of imidazole rings is 1. The van der Waals surface area contributed by atoms with Crippen LogP contribution >= 0.6 is 11.8 Å². The van der Waals surface area contributed by atoms with Crippen LogP contribution in [0.3, 0.4) is 0 Å². The standard InChI is InChI=1S/C20H20N4O3S/c1-11-7-15(13(3)24(11)19-8-12(2)27-23-19)18(25)10-28-20-21-16-6-5-14(26-4)9-17(16)22-20/h5-9H,10H2,1-4H3,(H,21,22). The number of ether oxygens (including phenoxy) is 1. The number of thioether (sulfide) groups is 1. The summed E-state index contributed by atoms with van der Waals surface area (Å²) >= 11 is 1.39. The van der Waals surface area contributed by atoms with Gasteiger partial charge >= 0.3 is 0 Å². The van der Waals surface area contributed by atoms with Gasteiger partial charge in [-0.15, -0.1) is 0 Å². The van der Waals surface area contributed by atoms with Gasteiger partial charge in [0.05, 0.1) is 23.9 Å². The zero-order valence-electron chi connectivity index (χ0n) is 16.1. The number of aromatic amines is 1. The Kier molecular flexibility index (Phi) is 4.72. The normalized spacial score (nSPS) is 11.3. The lowest BCUT2D eigenvalue weighted by molar-refractivity contribution is 0.102. The third kappa shape index (κ3) is 3.31. The molecule has 0 amide bonds. The lowest BCUT2D eigenvalue weighted by Crippen LogP contribution is -2.06. The van der Waals surface area contributed by atoms with Gasteiger partial charge < -0.3 is 14.2 Å². The Morgan fingerprint density at radius 1 is 1.25 bits per heavy atom. The van der Waals surface area contributed by atoms with Crippen LogP contribution in [0, 0.1) is 20.8 Å². The molecule has 7 nitrogen and oxygen atoms in total. The summed E-state index contributed by atoms with van der Waals surface area (Å²) < 4.78 is 12.3. The predicted octanol–water partition coefficient (Wildman–Crippen LogP) is 4.25. The van der Waals surface area contributed by atoms with Crippen LogP contribution in [0.4, 0.5) is 0 Å². The summed E-state index contributed by atoms with van der Waals surface area (Å²) in [6.45, 7) is 5.71. The Labute approximate surface area is 166 Å². The monoisotopic (exact) mass is 396 g/mol. The van der Waals surface area contributed by atoms with Crippen molar-refractivity contribution in [1.82, 2.24) is 19.7 Å². The Balaban J connectivity index is 1.53. The smallest absolute Gasteiger partial charge is 0.180 e. The number of rotatable bonds is 6. The topological polar surface area (TPSA) is 85.9 Å². The van der Waals surface area contributed by atoms with Crippen LogP contribution in [-0.2, 0) is 0 Å². The number of aryl methyl sites for hydroxylation is 2. The molecule has 3 aromatic heterocycles. The fraction of sp³-hybridized carbons (Fsp3) is 0.250. The minimum absolute atomic E-state index is 0.0441. The van der Waals surface area contributed by atoms with E-state index in [9.17, 15) is 4.79 Å². The van der Waals surface area contributed by atoms with Crippen LogP contribution in [0.15, 0.2) is 40.0 Å². The van der Waals surface area contributed by atoms with Crippen LogP contribution in [-0.4, -0.2) is 38.3 Å². The van der Waals surface area contributed by atoms with Crippen LogP contribution in [0.1, 0.15) is 27.5 Å². The number of hydrogen-bond acceptors (Lipinski definition) is 6. The van der Waals surface area contributed by atoms with Gasteiger partial charge in [0.2, 0.25) is 0 Å². The highest BCUT2D eigenvalue weighted by Gasteiger charge is 2.19. The van der Waals surface area contributed by atoms with E-state index < -0.39 is 0 Å². The largest absolute Gasteiger partial charge is 0.497 e. The van der Waals surface area contributed by atoms with E-state index in [1.165, 1.54) is 11.8 Å². The first-order valence-corrected chi connectivity index (χ1v) is 9.77. The summed E-state index contributed by atoms with van der Waals surface area (Å²) in [7, 11) is 1.63. The summed E-state index contributed by atoms with van der Waals surface area (Å²) in [6.07, 6.45) is 0. The molecular formula is C20H20N4O3S. The molecule has 0 unspecified atom stereocenters. The van der Waals surface area contributed by atoms with E-state index in [4.69, 9.17) is 9.26 Å². The fourth-order valence-electron chi connectivity index (χ4n) is 3.23. The number of carbonyl (C=O) groups excluding carboxylic acids is 1. The zero-order chi connectivity index (χ0) is 19.8. The van der Waals surface area contributed by atoms with Crippen molar-refractivity contribution in [3.05, 3.63) is 53.0 Å². The molecule has 0 saturated carbocycles. The van der Waals surface area contributed by atoms with E-state index in [0.717, 1.165) is 33.9 Å². The maximum Gasteiger partial charge on any atom is 0.180 e. The number of methoxy groups -OCH3 is 1. The number of benzene rings is 1. The molecule has 144 valence electrons. The Morgan fingerprint density at radius 3 is 2.79 bits per heavy atom. The SMILES string of the molecule is COc1ccc2nc(SCC(=O)c3cc(C)n(-c4cc(C)on4)c3C)[nH]c2c1. The molecule has 4 rings (SSSR count). The van der Waals surface area contributed by atoms with Crippen LogP contribution < -0.4 is 4.74 Å². The molecule has 0 fully saturated rings. The van der Waals surface area contributed by atoms with E-state index >= 15 is 0 Å². The number of nitrogens with zero attached hydrogens (tertiary/aromatic N) is 3. The average Bonchev–Trinajstić information content (AvgIpc) is 3.36. The zero-order valence-corrected chi connectivity index (χ0v) is 16.9. The Morgan fingerprint density at radius 2 is 2.07 bits per heavy atom. The highest BCUT2D eigenvalue weighted by Crippen LogP contribution is 2.26. The van der Waals surface area contributed by atoms with Crippen molar-refractivity contribution in [2.45, 2.75) is 25.9 Å². The molecule has 0 aliphatic heterocycles. The Bertz CT molecular complexity index is 1170. The number of carbonyl (C=O) groups is 1. The Hall–Kier alpha value is -3.00. The molecule has 1 N–H and O–H groups in total. The molecule has 28 heavy (non-hydrogen) atoms. The average molecular weight is 396 g/mol. The highest BCUT2D eigenvalue weighted by molar-refractivity contribution is 7.99. The molecule has 1 aromatic carbocycles. The van der Waals surface area contributed by atoms with E-state index in [1.54, 1.807) is 7.11 Å². The van der Waals surface area contributed by atoms with Gasteiger partial charge in [-0.3, -0.25) is 9.36 Å². The molecule has 0 bridgehead atoms. The molecule has 0 spiro atoms. The van der Waals surface area contributed by atoms with Gasteiger partial charge in [0, 0.05) is 29.1 Å². The summed E-state index contributed by atoms with van der Waals surface area (Å²) in [5, 5.41) is 4.76. The van der Waals surface area contributed by atoms with Crippen molar-refractivity contribution in [3.8, 4) is 11.6 Å². The van der Waals surface area contributed by atoms with Gasteiger partial charge in [-0.05, 0) is 39.0 Å². The van der Waals surface area contributed by atoms with Crippen LogP contribution in [0.2, 0.25) is 0 Å².